The van der Waals surface area contributed by atoms with Gasteiger partial charge < -0.3 is 9.47 Å². The maximum absolute atomic E-state index is 5.21. The van der Waals surface area contributed by atoms with E-state index in [0.717, 1.165) is 12.4 Å². The molecule has 2 rings (SSSR count). The summed E-state index contributed by atoms with van der Waals surface area (Å²) in [5, 5.41) is 0. The molecule has 1 atom stereocenters. The zero-order chi connectivity index (χ0) is 8.55. The Morgan fingerprint density at radius 2 is 2.25 bits per heavy atom. The minimum Gasteiger partial charge on any atom is -0.496 e. The van der Waals surface area contributed by atoms with Crippen LogP contribution in [0.2, 0.25) is 0 Å². The van der Waals surface area contributed by atoms with E-state index < -0.39 is 0 Å². The van der Waals surface area contributed by atoms with Crippen molar-refractivity contribution in [3.05, 3.63) is 29.3 Å². The summed E-state index contributed by atoms with van der Waals surface area (Å²) in [5.41, 5.74) is 2.39. The van der Waals surface area contributed by atoms with Gasteiger partial charge in [0.1, 0.15) is 11.9 Å². The Kier molecular flexibility index (Phi) is 1.77. The monoisotopic (exact) mass is 164 g/mol. The van der Waals surface area contributed by atoms with Crippen molar-refractivity contribution in [1.29, 1.82) is 0 Å². The highest BCUT2D eigenvalue weighted by atomic mass is 16.6. The van der Waals surface area contributed by atoms with E-state index in [9.17, 15) is 0 Å². The molecular weight excluding hydrogens is 152 g/mol. The maximum Gasteiger partial charge on any atom is 0.122 e. The molecule has 0 unspecified atom stereocenters. The van der Waals surface area contributed by atoms with Gasteiger partial charge in [-0.2, -0.15) is 0 Å². The predicted molar refractivity (Wildman–Crippen MR) is 46.4 cm³/mol. The summed E-state index contributed by atoms with van der Waals surface area (Å²) < 4.78 is 10.4. The Morgan fingerprint density at radius 1 is 1.50 bits per heavy atom. The lowest BCUT2D eigenvalue weighted by Gasteiger charge is -2.05. The van der Waals surface area contributed by atoms with Crippen LogP contribution in [-0.2, 0) is 4.74 Å². The van der Waals surface area contributed by atoms with E-state index in [1.165, 1.54) is 11.1 Å². The summed E-state index contributed by atoms with van der Waals surface area (Å²) in [7, 11) is 1.69. The SMILES string of the molecule is COc1cc([C@H]2CO2)ccc1C. The van der Waals surface area contributed by atoms with Crippen LogP contribution in [0.25, 0.3) is 0 Å². The minimum absolute atomic E-state index is 0.319. The molecule has 0 bridgehead atoms. The minimum atomic E-state index is 0.319. The van der Waals surface area contributed by atoms with E-state index in [1.807, 2.05) is 13.0 Å². The van der Waals surface area contributed by atoms with Gasteiger partial charge in [-0.1, -0.05) is 12.1 Å². The second-order valence-corrected chi connectivity index (χ2v) is 3.05. The summed E-state index contributed by atoms with van der Waals surface area (Å²) >= 11 is 0. The molecule has 0 radical (unpaired) electrons. The number of benzene rings is 1. The molecule has 0 amide bonds. The lowest BCUT2D eigenvalue weighted by molar-refractivity contribution is 0.403. The molecule has 64 valence electrons. The lowest BCUT2D eigenvalue weighted by atomic mass is 10.1. The first-order chi connectivity index (χ1) is 5.81. The smallest absolute Gasteiger partial charge is 0.122 e. The Hall–Kier alpha value is -1.02. The van der Waals surface area contributed by atoms with Crippen LogP contribution in [0, 0.1) is 6.92 Å². The Morgan fingerprint density at radius 3 is 2.83 bits per heavy atom. The summed E-state index contributed by atoms with van der Waals surface area (Å²) in [5.74, 6) is 0.947. The van der Waals surface area contributed by atoms with E-state index in [1.54, 1.807) is 7.11 Å². The predicted octanol–water partition coefficient (Wildman–Crippen LogP) is 2.07. The molecule has 1 aromatic carbocycles. The third-order valence-corrected chi connectivity index (χ3v) is 2.14. The molecule has 0 N–H and O–H groups in total. The number of hydrogen-bond donors (Lipinski definition) is 0. The molecule has 0 aliphatic carbocycles. The van der Waals surface area contributed by atoms with Crippen LogP contribution in [-0.4, -0.2) is 13.7 Å². The van der Waals surface area contributed by atoms with E-state index in [0.29, 0.717) is 6.10 Å². The van der Waals surface area contributed by atoms with Gasteiger partial charge in [0.15, 0.2) is 0 Å². The van der Waals surface area contributed by atoms with Crippen molar-refractivity contribution < 1.29 is 9.47 Å². The van der Waals surface area contributed by atoms with Gasteiger partial charge in [0.2, 0.25) is 0 Å². The standard InChI is InChI=1S/C10H12O2/c1-7-3-4-8(10-6-12-10)5-9(7)11-2/h3-5,10H,6H2,1-2H3/t10-/m1/s1. The number of rotatable bonds is 2. The van der Waals surface area contributed by atoms with E-state index in [4.69, 9.17) is 9.47 Å². The van der Waals surface area contributed by atoms with Gasteiger partial charge in [0.05, 0.1) is 13.7 Å². The molecule has 1 aliphatic rings. The van der Waals surface area contributed by atoms with Crippen molar-refractivity contribution in [2.75, 3.05) is 13.7 Å². The molecule has 1 fully saturated rings. The van der Waals surface area contributed by atoms with Gasteiger partial charge in [-0.15, -0.1) is 0 Å². The largest absolute Gasteiger partial charge is 0.496 e. The molecule has 12 heavy (non-hydrogen) atoms. The van der Waals surface area contributed by atoms with Crippen molar-refractivity contribution in [2.45, 2.75) is 13.0 Å². The van der Waals surface area contributed by atoms with Crippen LogP contribution < -0.4 is 4.74 Å². The van der Waals surface area contributed by atoms with Gasteiger partial charge in [0, 0.05) is 0 Å². The van der Waals surface area contributed by atoms with Crippen molar-refractivity contribution in [2.24, 2.45) is 0 Å². The second-order valence-electron chi connectivity index (χ2n) is 3.05. The molecule has 0 aromatic heterocycles. The highest BCUT2D eigenvalue weighted by Crippen LogP contribution is 2.32. The third-order valence-electron chi connectivity index (χ3n) is 2.14. The average molecular weight is 164 g/mol. The van der Waals surface area contributed by atoms with Crippen LogP contribution >= 0.6 is 0 Å². The van der Waals surface area contributed by atoms with E-state index in [-0.39, 0.29) is 0 Å². The molecule has 2 heteroatoms. The van der Waals surface area contributed by atoms with E-state index in [2.05, 4.69) is 12.1 Å². The van der Waals surface area contributed by atoms with Crippen molar-refractivity contribution in [3.63, 3.8) is 0 Å². The fourth-order valence-electron chi connectivity index (χ4n) is 1.28. The summed E-state index contributed by atoms with van der Waals surface area (Å²) in [6, 6.07) is 6.21. The molecule has 1 heterocycles. The lowest BCUT2D eigenvalue weighted by Crippen LogP contribution is -1.89. The topological polar surface area (TPSA) is 21.8 Å². The molecular formula is C10H12O2. The molecule has 2 nitrogen and oxygen atoms in total. The fourth-order valence-corrected chi connectivity index (χ4v) is 1.28. The van der Waals surface area contributed by atoms with E-state index >= 15 is 0 Å². The van der Waals surface area contributed by atoms with Gasteiger partial charge >= 0.3 is 0 Å². The molecule has 1 aliphatic heterocycles. The van der Waals surface area contributed by atoms with Crippen LogP contribution in [0.5, 0.6) is 5.75 Å². The first-order valence-corrected chi connectivity index (χ1v) is 4.07. The summed E-state index contributed by atoms with van der Waals surface area (Å²) in [6.07, 6.45) is 0.319. The number of aryl methyl sites for hydroxylation is 1. The Bertz CT molecular complexity index is 290. The summed E-state index contributed by atoms with van der Waals surface area (Å²) in [6.45, 7) is 2.89. The number of methoxy groups -OCH3 is 1. The van der Waals surface area contributed by atoms with Crippen molar-refractivity contribution in [3.8, 4) is 5.75 Å². The Balaban J connectivity index is 2.33. The van der Waals surface area contributed by atoms with Crippen molar-refractivity contribution >= 4 is 0 Å². The highest BCUT2D eigenvalue weighted by Gasteiger charge is 2.25. The quantitative estimate of drug-likeness (QED) is 0.624. The van der Waals surface area contributed by atoms with Crippen LogP contribution in [0.1, 0.15) is 17.2 Å². The normalized spacial score (nSPS) is 20.7. The first-order valence-electron chi connectivity index (χ1n) is 4.07. The van der Waals surface area contributed by atoms with Crippen molar-refractivity contribution in [1.82, 2.24) is 0 Å². The van der Waals surface area contributed by atoms with Crippen LogP contribution in [0.4, 0.5) is 0 Å². The highest BCUT2D eigenvalue weighted by molar-refractivity contribution is 5.38. The zero-order valence-electron chi connectivity index (χ0n) is 7.33. The van der Waals surface area contributed by atoms with Gasteiger partial charge in [-0.3, -0.25) is 0 Å². The molecule has 1 saturated heterocycles. The maximum atomic E-state index is 5.21. The number of hydrogen-bond acceptors (Lipinski definition) is 2. The Labute approximate surface area is 72.1 Å². The number of epoxide rings is 1. The summed E-state index contributed by atoms with van der Waals surface area (Å²) in [4.78, 5) is 0. The van der Waals surface area contributed by atoms with Crippen LogP contribution in [0.15, 0.2) is 18.2 Å². The number of ether oxygens (including phenoxy) is 2. The second kappa shape index (κ2) is 2.79. The average Bonchev–Trinajstić information content (AvgIpc) is 2.88. The fraction of sp³-hybridized carbons (Fsp3) is 0.400. The third kappa shape index (κ3) is 1.30. The first kappa shape index (κ1) is 7.62. The van der Waals surface area contributed by atoms with Gasteiger partial charge in [-0.05, 0) is 24.1 Å². The molecule has 1 aromatic rings. The van der Waals surface area contributed by atoms with Crippen LogP contribution in [0.3, 0.4) is 0 Å². The zero-order valence-corrected chi connectivity index (χ0v) is 7.33. The molecule has 0 spiro atoms. The van der Waals surface area contributed by atoms with Gasteiger partial charge in [0.25, 0.3) is 0 Å². The van der Waals surface area contributed by atoms with Gasteiger partial charge in [-0.25, -0.2) is 0 Å². The molecule has 0 saturated carbocycles.